The van der Waals surface area contributed by atoms with E-state index in [4.69, 9.17) is 15.0 Å². The molecule has 156 valence electrons. The van der Waals surface area contributed by atoms with Crippen molar-refractivity contribution in [2.45, 2.75) is 6.92 Å². The first kappa shape index (κ1) is 20.2. The second-order valence-corrected chi connectivity index (χ2v) is 7.49. The van der Waals surface area contributed by atoms with E-state index >= 15 is 0 Å². The summed E-state index contributed by atoms with van der Waals surface area (Å²) < 4.78 is 10.4. The van der Waals surface area contributed by atoms with E-state index in [9.17, 15) is 14.4 Å². The molecule has 0 atom stereocenters. The number of benzene rings is 1. The second kappa shape index (κ2) is 8.36. The molecule has 4 aromatic rings. The second-order valence-electron chi connectivity index (χ2n) is 6.55. The lowest BCUT2D eigenvalue weighted by atomic mass is 10.1. The molecular weight excluding hydrogens is 420 g/mol. The molecule has 4 rings (SSSR count). The van der Waals surface area contributed by atoms with Crippen molar-refractivity contribution in [3.8, 4) is 10.6 Å². The van der Waals surface area contributed by atoms with Crippen molar-refractivity contribution in [3.63, 3.8) is 0 Å². The summed E-state index contributed by atoms with van der Waals surface area (Å²) in [5.41, 5.74) is 7.41. The van der Waals surface area contributed by atoms with Crippen LogP contribution >= 0.6 is 11.3 Å². The summed E-state index contributed by atoms with van der Waals surface area (Å²) in [5.74, 6) is -1.80. The zero-order chi connectivity index (χ0) is 22.0. The number of nitrogens with two attached hydrogens (primary N) is 1. The predicted molar refractivity (Wildman–Crippen MR) is 114 cm³/mol. The minimum atomic E-state index is -0.698. The van der Waals surface area contributed by atoms with E-state index in [1.54, 1.807) is 13.0 Å². The van der Waals surface area contributed by atoms with Crippen molar-refractivity contribution in [1.82, 2.24) is 10.1 Å². The van der Waals surface area contributed by atoms with Crippen molar-refractivity contribution in [1.29, 1.82) is 0 Å². The Morgan fingerprint density at radius 2 is 1.97 bits per heavy atom. The zero-order valence-corrected chi connectivity index (χ0v) is 17.1. The van der Waals surface area contributed by atoms with Crippen LogP contribution in [0, 0.1) is 6.92 Å². The number of carbonyl (C=O) groups is 3. The van der Waals surface area contributed by atoms with Crippen molar-refractivity contribution in [3.05, 3.63) is 64.7 Å². The number of aryl methyl sites for hydroxylation is 1. The zero-order valence-electron chi connectivity index (χ0n) is 16.2. The number of nitrogens with zero attached hydrogens (tertiary/aromatic N) is 2. The first-order valence-electron chi connectivity index (χ1n) is 9.10. The number of carbonyl (C=O) groups excluding carboxylic acids is 3. The molecule has 3 N–H and O–H groups in total. The number of pyridine rings is 1. The maximum atomic E-state index is 12.8. The van der Waals surface area contributed by atoms with E-state index in [2.05, 4.69) is 15.5 Å². The van der Waals surface area contributed by atoms with Gasteiger partial charge in [-0.05, 0) is 48.7 Å². The normalized spacial score (nSPS) is 10.7. The first-order valence-corrected chi connectivity index (χ1v) is 9.98. The van der Waals surface area contributed by atoms with E-state index in [1.807, 2.05) is 17.5 Å². The van der Waals surface area contributed by atoms with E-state index in [0.717, 1.165) is 4.88 Å². The molecule has 31 heavy (non-hydrogen) atoms. The number of fused-ring (bicyclic) bond motifs is 1. The van der Waals surface area contributed by atoms with Gasteiger partial charge in [-0.15, -0.1) is 11.3 Å². The fraction of sp³-hybridized carbons (Fsp3) is 0.0952. The predicted octanol–water partition coefficient (Wildman–Crippen LogP) is 3.15. The Balaban J connectivity index is 1.49. The monoisotopic (exact) mass is 436 g/mol. The van der Waals surface area contributed by atoms with Gasteiger partial charge in [0.1, 0.15) is 0 Å². The van der Waals surface area contributed by atoms with Gasteiger partial charge in [-0.25, -0.2) is 9.78 Å². The van der Waals surface area contributed by atoms with E-state index in [1.165, 1.54) is 35.6 Å². The number of anilines is 1. The highest BCUT2D eigenvalue weighted by atomic mass is 32.1. The smallest absolute Gasteiger partial charge is 0.339 e. The molecule has 2 amide bonds. The number of nitrogens with one attached hydrogen (secondary N) is 1. The molecule has 0 bridgehead atoms. The first-order chi connectivity index (χ1) is 14.9. The van der Waals surface area contributed by atoms with E-state index in [-0.39, 0.29) is 11.3 Å². The third-order valence-corrected chi connectivity index (χ3v) is 5.29. The number of rotatable bonds is 6. The Morgan fingerprint density at radius 1 is 1.19 bits per heavy atom. The molecule has 3 aromatic heterocycles. The van der Waals surface area contributed by atoms with Crippen LogP contribution in [0.25, 0.3) is 21.7 Å². The van der Waals surface area contributed by atoms with Crippen molar-refractivity contribution in [2.24, 2.45) is 5.73 Å². The van der Waals surface area contributed by atoms with Gasteiger partial charge in [-0.1, -0.05) is 11.2 Å². The summed E-state index contributed by atoms with van der Waals surface area (Å²) in [6.45, 7) is 1.19. The summed E-state index contributed by atoms with van der Waals surface area (Å²) in [4.78, 5) is 41.3. The number of aromatic nitrogens is 2. The Kier molecular flexibility index (Phi) is 5.46. The molecule has 3 heterocycles. The van der Waals surface area contributed by atoms with Crippen LogP contribution in [0.15, 0.2) is 52.4 Å². The summed E-state index contributed by atoms with van der Waals surface area (Å²) >= 11 is 1.46. The average Bonchev–Trinajstić information content (AvgIpc) is 3.42. The van der Waals surface area contributed by atoms with Crippen molar-refractivity contribution >= 4 is 45.9 Å². The fourth-order valence-corrected chi connectivity index (χ4v) is 3.62. The number of hydrogen-bond acceptors (Lipinski definition) is 8. The van der Waals surface area contributed by atoms with Gasteiger partial charge in [0, 0.05) is 11.3 Å². The third kappa shape index (κ3) is 4.28. The van der Waals surface area contributed by atoms with Gasteiger partial charge < -0.3 is 20.3 Å². The highest BCUT2D eigenvalue weighted by Gasteiger charge is 2.21. The standard InChI is InChI=1S/C21H16N4O5S/c1-11-18-14(9-15(16-3-2-8-31-16)24-20(18)30-25-11)21(28)29-10-17(26)23-13-6-4-12(5-7-13)19(22)27/h2-9H,10H2,1H3,(H2,22,27)(H,23,26). The topological polar surface area (TPSA) is 137 Å². The Labute approximate surface area is 179 Å². The molecule has 0 spiro atoms. The molecule has 1 aromatic carbocycles. The van der Waals surface area contributed by atoms with Crippen LogP contribution in [0.1, 0.15) is 26.4 Å². The summed E-state index contributed by atoms with van der Waals surface area (Å²) in [6.07, 6.45) is 0. The Hall–Kier alpha value is -4.05. The van der Waals surface area contributed by atoms with Crippen LogP contribution in [-0.2, 0) is 9.53 Å². The molecule has 0 aliphatic carbocycles. The van der Waals surface area contributed by atoms with Crippen LogP contribution in [0.2, 0.25) is 0 Å². The molecule has 0 aliphatic heterocycles. The van der Waals surface area contributed by atoms with Gasteiger partial charge >= 0.3 is 5.97 Å². The van der Waals surface area contributed by atoms with Gasteiger partial charge in [0.2, 0.25) is 5.91 Å². The lowest BCUT2D eigenvalue weighted by Crippen LogP contribution is -2.21. The number of primary amides is 1. The minimum Gasteiger partial charge on any atom is -0.452 e. The molecule has 0 aliphatic rings. The highest BCUT2D eigenvalue weighted by molar-refractivity contribution is 7.13. The van der Waals surface area contributed by atoms with Gasteiger partial charge in [0.15, 0.2) is 6.61 Å². The lowest BCUT2D eigenvalue weighted by molar-refractivity contribution is -0.119. The number of thiophene rings is 1. The Bertz CT molecular complexity index is 1280. The third-order valence-electron chi connectivity index (χ3n) is 4.40. The van der Waals surface area contributed by atoms with E-state index in [0.29, 0.717) is 28.0 Å². The van der Waals surface area contributed by atoms with Gasteiger partial charge in [0.05, 0.1) is 27.2 Å². The number of esters is 1. The van der Waals surface area contributed by atoms with Gasteiger partial charge in [-0.2, -0.15) is 0 Å². The van der Waals surface area contributed by atoms with Crippen LogP contribution in [0.5, 0.6) is 0 Å². The average molecular weight is 436 g/mol. The quantitative estimate of drug-likeness (QED) is 0.443. The largest absolute Gasteiger partial charge is 0.452 e. The SMILES string of the molecule is Cc1noc2nc(-c3cccs3)cc(C(=O)OCC(=O)Nc3ccc(C(N)=O)cc3)c12. The maximum Gasteiger partial charge on any atom is 0.339 e. The minimum absolute atomic E-state index is 0.214. The molecule has 10 heteroatoms. The molecule has 9 nitrogen and oxygen atoms in total. The molecular formula is C21H16N4O5S. The summed E-state index contributed by atoms with van der Waals surface area (Å²) in [5, 5.41) is 8.79. The number of ether oxygens (including phenoxy) is 1. The van der Waals surface area contributed by atoms with Gasteiger partial charge in [0.25, 0.3) is 11.6 Å². The van der Waals surface area contributed by atoms with Crippen LogP contribution < -0.4 is 11.1 Å². The van der Waals surface area contributed by atoms with Crippen molar-refractivity contribution in [2.75, 3.05) is 11.9 Å². The fourth-order valence-electron chi connectivity index (χ4n) is 2.93. The molecule has 0 saturated heterocycles. The molecule has 0 radical (unpaired) electrons. The summed E-state index contributed by atoms with van der Waals surface area (Å²) in [7, 11) is 0. The number of amides is 2. The van der Waals surface area contributed by atoms with E-state index < -0.39 is 24.4 Å². The molecule has 0 unspecified atom stereocenters. The molecule has 0 saturated carbocycles. The highest BCUT2D eigenvalue weighted by Crippen LogP contribution is 2.29. The summed E-state index contributed by atoms with van der Waals surface area (Å²) in [6, 6.07) is 11.4. The maximum absolute atomic E-state index is 12.8. The van der Waals surface area contributed by atoms with Crippen LogP contribution in [0.3, 0.4) is 0 Å². The van der Waals surface area contributed by atoms with Crippen LogP contribution in [-0.4, -0.2) is 34.5 Å². The van der Waals surface area contributed by atoms with Crippen LogP contribution in [0.4, 0.5) is 5.69 Å². The number of hydrogen-bond donors (Lipinski definition) is 2. The van der Waals surface area contributed by atoms with Crippen molar-refractivity contribution < 1.29 is 23.6 Å². The molecule has 0 fully saturated rings. The van der Waals surface area contributed by atoms with Gasteiger partial charge in [-0.3, -0.25) is 9.59 Å². The lowest BCUT2D eigenvalue weighted by Gasteiger charge is -2.08. The Morgan fingerprint density at radius 3 is 2.65 bits per heavy atom.